The number of rotatable bonds is 7. The van der Waals surface area contributed by atoms with Crippen LogP contribution in [0.2, 0.25) is 0 Å². The monoisotopic (exact) mass is 692 g/mol. The van der Waals surface area contributed by atoms with Gasteiger partial charge in [-0.05, 0) is 52.9 Å². The summed E-state index contributed by atoms with van der Waals surface area (Å²) in [6, 6.07) is 66.9. The van der Waals surface area contributed by atoms with Crippen LogP contribution in [0, 0.1) is 0 Å². The Hall–Kier alpha value is -7.37. The maximum absolute atomic E-state index is 6.67. The molecule has 8 aromatic carbocycles. The quantitative estimate of drug-likeness (QED) is 0.166. The number of hydrogen-bond acceptors (Lipinski definition) is 5. The second-order valence-corrected chi connectivity index (χ2v) is 13.2. The first-order valence-corrected chi connectivity index (χ1v) is 18.0. The number of benzene rings is 8. The Morgan fingerprint density at radius 1 is 0.352 bits per heavy atom. The molecule has 2 aromatic heterocycles. The van der Waals surface area contributed by atoms with E-state index in [0.29, 0.717) is 17.5 Å². The summed E-state index contributed by atoms with van der Waals surface area (Å²) in [5, 5.41) is 4.31. The number of anilines is 3. The Morgan fingerprint density at radius 2 is 0.926 bits per heavy atom. The summed E-state index contributed by atoms with van der Waals surface area (Å²) in [5.74, 6) is 1.84. The minimum absolute atomic E-state index is 0.593. The molecule has 0 amide bonds. The lowest BCUT2D eigenvalue weighted by atomic mass is 9.96. The maximum Gasteiger partial charge on any atom is 0.164 e. The molecule has 0 radical (unpaired) electrons. The fourth-order valence-corrected chi connectivity index (χ4v) is 7.42. The van der Waals surface area contributed by atoms with Crippen LogP contribution in [0.15, 0.2) is 199 Å². The van der Waals surface area contributed by atoms with Gasteiger partial charge in [0.05, 0.1) is 5.69 Å². The van der Waals surface area contributed by atoms with Crippen molar-refractivity contribution in [1.82, 2.24) is 15.0 Å². The molecule has 0 spiro atoms. The van der Waals surface area contributed by atoms with E-state index in [0.717, 1.165) is 61.1 Å². The predicted molar refractivity (Wildman–Crippen MR) is 221 cm³/mol. The molecule has 0 saturated carbocycles. The smallest absolute Gasteiger partial charge is 0.164 e. The Balaban J connectivity index is 1.15. The van der Waals surface area contributed by atoms with Crippen molar-refractivity contribution in [2.24, 2.45) is 0 Å². The Labute approximate surface area is 312 Å². The highest BCUT2D eigenvalue weighted by Gasteiger charge is 2.21. The van der Waals surface area contributed by atoms with E-state index in [4.69, 9.17) is 19.4 Å². The molecule has 0 fully saturated rings. The van der Waals surface area contributed by atoms with Crippen LogP contribution in [0.4, 0.5) is 17.1 Å². The van der Waals surface area contributed by atoms with Gasteiger partial charge in [0.25, 0.3) is 0 Å². The first-order chi connectivity index (χ1) is 26.8. The lowest BCUT2D eigenvalue weighted by Gasteiger charge is -2.27. The number of para-hydroxylation sites is 1. The molecule has 5 nitrogen and oxygen atoms in total. The largest absolute Gasteiger partial charge is 0.456 e. The van der Waals surface area contributed by atoms with Gasteiger partial charge in [0.1, 0.15) is 11.2 Å². The normalized spacial score (nSPS) is 11.3. The van der Waals surface area contributed by atoms with Crippen LogP contribution in [0.5, 0.6) is 0 Å². The number of aromatic nitrogens is 3. The van der Waals surface area contributed by atoms with Crippen molar-refractivity contribution in [2.75, 3.05) is 4.90 Å². The first kappa shape index (κ1) is 31.4. The van der Waals surface area contributed by atoms with Gasteiger partial charge in [-0.2, -0.15) is 0 Å². The van der Waals surface area contributed by atoms with Crippen molar-refractivity contribution in [3.05, 3.63) is 194 Å². The third-order valence-electron chi connectivity index (χ3n) is 9.92. The Bertz CT molecular complexity index is 2870. The molecule has 10 aromatic rings. The Morgan fingerprint density at radius 3 is 1.59 bits per heavy atom. The van der Waals surface area contributed by atoms with E-state index in [2.05, 4.69) is 126 Å². The minimum Gasteiger partial charge on any atom is -0.456 e. The van der Waals surface area contributed by atoms with Gasteiger partial charge in [-0.3, -0.25) is 0 Å². The molecule has 254 valence electrons. The summed E-state index contributed by atoms with van der Waals surface area (Å²) in [6.07, 6.45) is 0. The molecule has 10 rings (SSSR count). The van der Waals surface area contributed by atoms with E-state index in [1.165, 1.54) is 16.5 Å². The van der Waals surface area contributed by atoms with Crippen LogP contribution >= 0.6 is 0 Å². The summed E-state index contributed by atoms with van der Waals surface area (Å²) in [4.78, 5) is 17.3. The van der Waals surface area contributed by atoms with E-state index >= 15 is 0 Å². The molecule has 0 saturated heterocycles. The van der Waals surface area contributed by atoms with Gasteiger partial charge < -0.3 is 9.32 Å². The summed E-state index contributed by atoms with van der Waals surface area (Å²) >= 11 is 0. The van der Waals surface area contributed by atoms with Crippen molar-refractivity contribution < 1.29 is 4.42 Å². The summed E-state index contributed by atoms with van der Waals surface area (Å²) < 4.78 is 6.67. The average Bonchev–Trinajstić information content (AvgIpc) is 3.63. The molecule has 0 atom stereocenters. The van der Waals surface area contributed by atoms with Gasteiger partial charge in [0, 0.05) is 50.3 Å². The SMILES string of the molecule is c1ccc(-c2nc(-c3ccccc3)nc(-c3cccc4oc5cc(N(c6ccccc6)c6ccc(-c7ccccc7)c7ccccc67)ccc5c34)n2)cc1. The van der Waals surface area contributed by atoms with Crippen molar-refractivity contribution in [3.63, 3.8) is 0 Å². The third kappa shape index (κ3) is 5.56. The summed E-state index contributed by atoms with van der Waals surface area (Å²) in [6.45, 7) is 0. The number of fused-ring (bicyclic) bond motifs is 4. The molecule has 0 bridgehead atoms. The number of furan rings is 1. The number of hydrogen-bond donors (Lipinski definition) is 0. The summed E-state index contributed by atoms with van der Waals surface area (Å²) in [5.41, 5.74) is 9.81. The Kier molecular flexibility index (Phi) is 7.73. The lowest BCUT2D eigenvalue weighted by molar-refractivity contribution is 0.669. The van der Waals surface area contributed by atoms with Crippen LogP contribution < -0.4 is 4.90 Å². The molecule has 0 aliphatic rings. The zero-order valence-corrected chi connectivity index (χ0v) is 29.2. The molecular weight excluding hydrogens is 661 g/mol. The fraction of sp³-hybridized carbons (Fsp3) is 0. The zero-order chi connectivity index (χ0) is 35.8. The van der Waals surface area contributed by atoms with E-state index in [1.807, 2.05) is 72.8 Å². The second-order valence-electron chi connectivity index (χ2n) is 13.2. The van der Waals surface area contributed by atoms with Crippen molar-refractivity contribution in [2.45, 2.75) is 0 Å². The van der Waals surface area contributed by atoms with Crippen LogP contribution in [0.25, 0.3) is 78.0 Å². The van der Waals surface area contributed by atoms with E-state index in [9.17, 15) is 0 Å². The molecule has 0 aliphatic carbocycles. The van der Waals surface area contributed by atoms with Crippen LogP contribution in [-0.2, 0) is 0 Å². The van der Waals surface area contributed by atoms with E-state index in [-0.39, 0.29) is 0 Å². The van der Waals surface area contributed by atoms with Gasteiger partial charge in [0.2, 0.25) is 0 Å². The van der Waals surface area contributed by atoms with Crippen LogP contribution in [0.3, 0.4) is 0 Å². The molecular formula is C49H32N4O. The topological polar surface area (TPSA) is 55.1 Å². The molecule has 2 heterocycles. The van der Waals surface area contributed by atoms with E-state index in [1.54, 1.807) is 0 Å². The standard InChI is InChI=1S/C49H32N4O/c1-5-16-33(17-6-1)38-30-31-43(40-25-14-13-24-39(38)40)53(36-22-11-4-12-23-36)37-28-29-41-45(32-37)54-44-27-15-26-42(46(41)44)49-51-47(34-18-7-2-8-19-34)50-48(52-49)35-20-9-3-10-21-35/h1-32H. The van der Waals surface area contributed by atoms with Crippen LogP contribution in [-0.4, -0.2) is 15.0 Å². The highest BCUT2D eigenvalue weighted by molar-refractivity contribution is 6.13. The minimum atomic E-state index is 0.593. The summed E-state index contributed by atoms with van der Waals surface area (Å²) in [7, 11) is 0. The number of nitrogens with zero attached hydrogens (tertiary/aromatic N) is 4. The predicted octanol–water partition coefficient (Wildman–Crippen LogP) is 13.1. The second kappa shape index (κ2) is 13.3. The lowest BCUT2D eigenvalue weighted by Crippen LogP contribution is -2.10. The molecule has 0 unspecified atom stereocenters. The molecule has 0 aliphatic heterocycles. The highest BCUT2D eigenvalue weighted by atomic mass is 16.3. The van der Waals surface area contributed by atoms with Crippen molar-refractivity contribution in [3.8, 4) is 45.3 Å². The molecule has 5 heteroatoms. The van der Waals surface area contributed by atoms with Gasteiger partial charge in [-0.25, -0.2) is 15.0 Å². The first-order valence-electron chi connectivity index (χ1n) is 18.0. The maximum atomic E-state index is 6.67. The van der Waals surface area contributed by atoms with E-state index < -0.39 is 0 Å². The fourth-order valence-electron chi connectivity index (χ4n) is 7.42. The van der Waals surface area contributed by atoms with Crippen molar-refractivity contribution >= 4 is 49.8 Å². The van der Waals surface area contributed by atoms with Crippen LogP contribution in [0.1, 0.15) is 0 Å². The van der Waals surface area contributed by atoms with Gasteiger partial charge in [0.15, 0.2) is 17.5 Å². The van der Waals surface area contributed by atoms with Gasteiger partial charge in [-0.1, -0.05) is 152 Å². The average molecular weight is 693 g/mol. The molecule has 0 N–H and O–H groups in total. The molecule has 54 heavy (non-hydrogen) atoms. The third-order valence-corrected chi connectivity index (χ3v) is 9.92. The van der Waals surface area contributed by atoms with Gasteiger partial charge in [-0.15, -0.1) is 0 Å². The zero-order valence-electron chi connectivity index (χ0n) is 29.2. The van der Waals surface area contributed by atoms with Gasteiger partial charge >= 0.3 is 0 Å². The van der Waals surface area contributed by atoms with Crippen molar-refractivity contribution in [1.29, 1.82) is 0 Å². The highest BCUT2D eigenvalue weighted by Crippen LogP contribution is 2.44.